The Labute approximate surface area is 174 Å². The number of hydrogen-bond acceptors (Lipinski definition) is 5. The van der Waals surface area contributed by atoms with Gasteiger partial charge in [0.15, 0.2) is 11.3 Å². The molecule has 2 aromatic carbocycles. The van der Waals surface area contributed by atoms with Crippen LogP contribution in [0.4, 0.5) is 4.48 Å². The summed E-state index contributed by atoms with van der Waals surface area (Å²) in [5, 5.41) is 4.58. The summed E-state index contributed by atoms with van der Waals surface area (Å²) in [4.78, 5) is 11.8. The van der Waals surface area contributed by atoms with Crippen LogP contribution >= 0.6 is 0 Å². The second-order valence-electron chi connectivity index (χ2n) is 7.43. The van der Waals surface area contributed by atoms with Gasteiger partial charge in [0.2, 0.25) is 0 Å². The van der Waals surface area contributed by atoms with E-state index in [0.717, 1.165) is 48.1 Å². The second-order valence-corrected chi connectivity index (χ2v) is 7.43. The van der Waals surface area contributed by atoms with Crippen LogP contribution in [0.3, 0.4) is 0 Å². The van der Waals surface area contributed by atoms with Gasteiger partial charge in [-0.2, -0.15) is 5.54 Å². The smallest absolute Gasteiger partial charge is 0.279 e. The van der Waals surface area contributed by atoms with Gasteiger partial charge < -0.3 is 19.2 Å². The van der Waals surface area contributed by atoms with Crippen LogP contribution in [0.1, 0.15) is 34.3 Å². The lowest BCUT2D eigenvalue weighted by Gasteiger charge is -2.27. The maximum absolute atomic E-state index is 12.6. The Kier molecular flexibility index (Phi) is 6.18. The zero-order valence-electron chi connectivity index (χ0n) is 16.9. The van der Waals surface area contributed by atoms with Crippen molar-refractivity contribution in [2.75, 3.05) is 20.3 Å². The molecular formula is C23H25FN2O4. The van der Waals surface area contributed by atoms with Gasteiger partial charge in [-0.3, -0.25) is 4.79 Å². The highest BCUT2D eigenvalue weighted by Crippen LogP contribution is 2.30. The largest absolute Gasteiger partial charge is 0.493 e. The van der Waals surface area contributed by atoms with E-state index in [1.807, 2.05) is 24.5 Å². The van der Waals surface area contributed by atoms with Crippen molar-refractivity contribution in [3.8, 4) is 11.5 Å². The zero-order valence-corrected chi connectivity index (χ0v) is 16.9. The Bertz CT molecular complexity index is 1030. The predicted octanol–water partition coefficient (Wildman–Crippen LogP) is 3.97. The van der Waals surface area contributed by atoms with Gasteiger partial charge in [0.1, 0.15) is 12.4 Å². The quantitative estimate of drug-likeness (QED) is 0.433. The first-order chi connectivity index (χ1) is 14.7. The number of aryl methyl sites for hydroxylation is 1. The number of methoxy groups -OCH3 is 1. The standard InChI is InChI=1S/C23H25FN2O4/c1-28-21-10-4-7-17-15(13-30-22(17)21)6-2-3-11-25-16-12-19-18(23(27)26-24)8-5-9-20(19)29-14-16/h4-5,7-10,13,16,25H,2-3,6,11-12,14H2,1H3,(H,26,27). The van der Waals surface area contributed by atoms with Crippen LogP contribution < -0.4 is 20.3 Å². The average Bonchev–Trinajstić information content (AvgIpc) is 3.21. The molecule has 0 aliphatic carbocycles. The van der Waals surface area contributed by atoms with E-state index in [2.05, 4.69) is 11.4 Å². The fraction of sp³-hybridized carbons (Fsp3) is 0.348. The molecule has 0 radical (unpaired) electrons. The van der Waals surface area contributed by atoms with E-state index in [9.17, 15) is 9.28 Å². The van der Waals surface area contributed by atoms with Crippen LogP contribution in [0.15, 0.2) is 47.1 Å². The Morgan fingerprint density at radius 1 is 1.23 bits per heavy atom. The molecule has 1 aromatic heterocycles. The number of furan rings is 1. The molecule has 158 valence electrons. The highest BCUT2D eigenvalue weighted by Gasteiger charge is 2.24. The molecule has 0 saturated carbocycles. The Morgan fingerprint density at radius 3 is 2.93 bits per heavy atom. The van der Waals surface area contributed by atoms with Crippen molar-refractivity contribution in [3.05, 3.63) is 59.4 Å². The third kappa shape index (κ3) is 4.11. The molecule has 0 spiro atoms. The van der Waals surface area contributed by atoms with Crippen LogP contribution in [0.2, 0.25) is 0 Å². The van der Waals surface area contributed by atoms with E-state index >= 15 is 0 Å². The molecule has 2 N–H and O–H groups in total. The van der Waals surface area contributed by atoms with Crippen molar-refractivity contribution in [2.24, 2.45) is 0 Å². The minimum Gasteiger partial charge on any atom is -0.493 e. The molecule has 0 bridgehead atoms. The first-order valence-electron chi connectivity index (χ1n) is 10.1. The van der Waals surface area contributed by atoms with Gasteiger partial charge in [-0.05, 0) is 56.0 Å². The van der Waals surface area contributed by atoms with E-state index in [-0.39, 0.29) is 6.04 Å². The van der Waals surface area contributed by atoms with E-state index in [1.54, 1.807) is 19.2 Å². The van der Waals surface area contributed by atoms with Gasteiger partial charge in [-0.1, -0.05) is 22.7 Å². The maximum atomic E-state index is 12.6. The van der Waals surface area contributed by atoms with Crippen LogP contribution in [0, 0.1) is 0 Å². The molecular weight excluding hydrogens is 387 g/mol. The molecule has 6 nitrogen and oxygen atoms in total. The molecule has 7 heteroatoms. The fourth-order valence-corrected chi connectivity index (χ4v) is 3.99. The number of hydrogen-bond donors (Lipinski definition) is 2. The highest BCUT2D eigenvalue weighted by molar-refractivity contribution is 5.95. The lowest BCUT2D eigenvalue weighted by Crippen LogP contribution is -2.40. The molecule has 1 aliphatic heterocycles. The Balaban J connectivity index is 1.28. The molecule has 3 aromatic rings. The summed E-state index contributed by atoms with van der Waals surface area (Å²) >= 11 is 0. The molecule has 0 fully saturated rings. The number of unbranched alkanes of at least 4 members (excludes halogenated alkanes) is 1. The van der Waals surface area contributed by atoms with Crippen molar-refractivity contribution in [3.63, 3.8) is 0 Å². The normalized spacial score (nSPS) is 15.5. The van der Waals surface area contributed by atoms with Crippen LogP contribution in [0.25, 0.3) is 11.0 Å². The number of carbonyl (C=O) groups excluding carboxylic acids is 1. The minimum absolute atomic E-state index is 0.0880. The molecule has 1 atom stereocenters. The zero-order chi connectivity index (χ0) is 20.9. The van der Waals surface area contributed by atoms with Gasteiger partial charge in [0.05, 0.1) is 13.4 Å². The lowest BCUT2D eigenvalue weighted by molar-refractivity contribution is 0.0856. The molecule has 2 heterocycles. The van der Waals surface area contributed by atoms with Gasteiger partial charge in [-0.25, -0.2) is 0 Å². The number of amides is 1. The van der Waals surface area contributed by atoms with Crippen molar-refractivity contribution in [1.82, 2.24) is 10.9 Å². The molecule has 30 heavy (non-hydrogen) atoms. The van der Waals surface area contributed by atoms with Gasteiger partial charge >= 0.3 is 0 Å². The molecule has 4 rings (SSSR count). The van der Waals surface area contributed by atoms with Crippen molar-refractivity contribution >= 4 is 16.9 Å². The van der Waals surface area contributed by atoms with Gasteiger partial charge in [0.25, 0.3) is 5.91 Å². The van der Waals surface area contributed by atoms with Gasteiger partial charge in [-0.15, -0.1) is 0 Å². The minimum atomic E-state index is -0.736. The van der Waals surface area contributed by atoms with Crippen LogP contribution in [-0.4, -0.2) is 32.2 Å². The number of nitrogens with one attached hydrogen (secondary N) is 2. The van der Waals surface area contributed by atoms with Gasteiger partial charge in [0, 0.05) is 22.6 Å². The number of carbonyl (C=O) groups is 1. The Hall–Kier alpha value is -3.06. The fourth-order valence-electron chi connectivity index (χ4n) is 3.99. The van der Waals surface area contributed by atoms with Crippen molar-refractivity contribution in [1.29, 1.82) is 0 Å². The topological polar surface area (TPSA) is 72.7 Å². The molecule has 1 amide bonds. The first-order valence-corrected chi connectivity index (χ1v) is 10.1. The average molecular weight is 412 g/mol. The van der Waals surface area contributed by atoms with Crippen LogP contribution in [-0.2, 0) is 12.8 Å². The van der Waals surface area contributed by atoms with E-state index in [0.29, 0.717) is 24.3 Å². The highest BCUT2D eigenvalue weighted by atomic mass is 19.2. The first kappa shape index (κ1) is 20.2. The monoisotopic (exact) mass is 412 g/mol. The lowest BCUT2D eigenvalue weighted by atomic mass is 9.96. The number of para-hydroxylation sites is 1. The van der Waals surface area contributed by atoms with E-state index < -0.39 is 5.91 Å². The molecule has 1 aliphatic rings. The summed E-state index contributed by atoms with van der Waals surface area (Å²) < 4.78 is 29.4. The van der Waals surface area contributed by atoms with E-state index in [4.69, 9.17) is 13.9 Å². The maximum Gasteiger partial charge on any atom is 0.279 e. The Morgan fingerprint density at radius 2 is 2.10 bits per heavy atom. The third-order valence-electron chi connectivity index (χ3n) is 5.52. The number of benzene rings is 2. The van der Waals surface area contributed by atoms with Crippen molar-refractivity contribution in [2.45, 2.75) is 31.7 Å². The number of halogens is 1. The number of ether oxygens (including phenoxy) is 2. The summed E-state index contributed by atoms with van der Waals surface area (Å²) in [5.74, 6) is 0.662. The SMILES string of the molecule is COc1cccc2c(CCCCNC3COc4cccc(C(=O)NF)c4C3)coc12. The summed E-state index contributed by atoms with van der Waals surface area (Å²) in [6.07, 6.45) is 5.37. The number of fused-ring (bicyclic) bond motifs is 2. The molecule has 1 unspecified atom stereocenters. The van der Waals surface area contributed by atoms with Crippen LogP contribution in [0.5, 0.6) is 11.5 Å². The van der Waals surface area contributed by atoms with Crippen molar-refractivity contribution < 1.29 is 23.2 Å². The summed E-state index contributed by atoms with van der Waals surface area (Å²) in [6, 6.07) is 11.1. The summed E-state index contributed by atoms with van der Waals surface area (Å²) in [7, 11) is 1.64. The third-order valence-corrected chi connectivity index (χ3v) is 5.52. The summed E-state index contributed by atoms with van der Waals surface area (Å²) in [6.45, 7) is 1.36. The number of rotatable bonds is 8. The van der Waals surface area contributed by atoms with E-state index in [1.165, 1.54) is 11.1 Å². The predicted molar refractivity (Wildman–Crippen MR) is 112 cm³/mol. The molecule has 0 saturated heterocycles. The summed E-state index contributed by atoms with van der Waals surface area (Å²) in [5.41, 5.74) is 4.25. The second kappa shape index (κ2) is 9.17.